The van der Waals surface area contributed by atoms with E-state index >= 15 is 0 Å². The molecule has 3 aromatic carbocycles. The smallest absolute Gasteiger partial charge is 0.264 e. The van der Waals surface area contributed by atoms with Crippen LogP contribution in [-0.2, 0) is 32.5 Å². The fraction of sp³-hybridized carbons (Fsp3) is 0.167. The number of ether oxygens (including phenoxy) is 1. The van der Waals surface area contributed by atoms with Gasteiger partial charge in [0.05, 0.1) is 22.0 Å². The van der Waals surface area contributed by atoms with Crippen LogP contribution in [0.1, 0.15) is 11.1 Å². The number of hydrogen-bond acceptors (Lipinski definition) is 5. The average Bonchev–Trinajstić information content (AvgIpc) is 3.24. The Balaban J connectivity index is 1.39. The van der Waals surface area contributed by atoms with Gasteiger partial charge in [-0.05, 0) is 53.9 Å². The van der Waals surface area contributed by atoms with E-state index in [1.807, 2.05) is 12.1 Å². The fourth-order valence-electron chi connectivity index (χ4n) is 3.69. The summed E-state index contributed by atoms with van der Waals surface area (Å²) in [4.78, 5) is 23.2. The molecule has 176 valence electrons. The first-order valence-electron chi connectivity index (χ1n) is 10.4. The maximum absolute atomic E-state index is 13.1. The number of nitrogens with zero attached hydrogens (tertiary/aromatic N) is 1. The lowest BCUT2D eigenvalue weighted by Crippen LogP contribution is -2.29. The number of para-hydroxylation sites is 1. The van der Waals surface area contributed by atoms with Crippen molar-refractivity contribution >= 4 is 44.8 Å². The van der Waals surface area contributed by atoms with E-state index in [0.717, 1.165) is 11.1 Å². The van der Waals surface area contributed by atoms with Gasteiger partial charge in [-0.3, -0.25) is 13.9 Å². The molecule has 0 radical (unpaired) electrons. The minimum atomic E-state index is -3.79. The summed E-state index contributed by atoms with van der Waals surface area (Å²) in [7, 11) is -3.79. The van der Waals surface area contributed by atoms with Crippen LogP contribution in [0.2, 0.25) is 5.02 Å². The Morgan fingerprint density at radius 3 is 2.50 bits per heavy atom. The molecule has 0 aromatic heterocycles. The highest BCUT2D eigenvalue weighted by Gasteiger charge is 2.31. The lowest BCUT2D eigenvalue weighted by molar-refractivity contribution is -0.118. The Morgan fingerprint density at radius 1 is 1.06 bits per heavy atom. The van der Waals surface area contributed by atoms with Crippen molar-refractivity contribution in [2.45, 2.75) is 17.7 Å². The van der Waals surface area contributed by atoms with E-state index in [1.165, 1.54) is 22.5 Å². The average molecular weight is 500 g/mol. The summed E-state index contributed by atoms with van der Waals surface area (Å²) in [5, 5.41) is 2.75. The van der Waals surface area contributed by atoms with E-state index in [0.29, 0.717) is 24.3 Å². The third-order valence-corrected chi connectivity index (χ3v) is 7.42. The van der Waals surface area contributed by atoms with Gasteiger partial charge in [-0.2, -0.15) is 0 Å². The maximum atomic E-state index is 13.1. The van der Waals surface area contributed by atoms with Crippen LogP contribution in [0, 0.1) is 0 Å². The fourth-order valence-corrected chi connectivity index (χ4v) is 5.52. The number of anilines is 2. The number of carbonyl (C=O) groups is 2. The van der Waals surface area contributed by atoms with E-state index in [4.69, 9.17) is 22.1 Å². The van der Waals surface area contributed by atoms with Crippen LogP contribution in [0.15, 0.2) is 71.6 Å². The first-order chi connectivity index (χ1) is 16.2. The van der Waals surface area contributed by atoms with E-state index in [-0.39, 0.29) is 28.7 Å². The van der Waals surface area contributed by atoms with Gasteiger partial charge in [0.2, 0.25) is 5.91 Å². The van der Waals surface area contributed by atoms with Crippen LogP contribution in [0.25, 0.3) is 0 Å². The number of amides is 2. The zero-order valence-electron chi connectivity index (χ0n) is 18.0. The summed E-state index contributed by atoms with van der Waals surface area (Å²) >= 11 is 6.27. The molecule has 0 spiro atoms. The van der Waals surface area contributed by atoms with E-state index in [9.17, 15) is 18.0 Å². The summed E-state index contributed by atoms with van der Waals surface area (Å²) in [5.41, 5.74) is 8.07. The van der Waals surface area contributed by atoms with Gasteiger partial charge in [-0.15, -0.1) is 0 Å². The monoisotopic (exact) mass is 499 g/mol. The molecule has 0 fully saturated rings. The second-order valence-corrected chi connectivity index (χ2v) is 9.99. The van der Waals surface area contributed by atoms with Gasteiger partial charge < -0.3 is 15.8 Å². The predicted octanol–water partition coefficient (Wildman–Crippen LogP) is 3.14. The Kier molecular flexibility index (Phi) is 6.76. The molecule has 3 aromatic rings. The van der Waals surface area contributed by atoms with Crippen LogP contribution >= 0.6 is 11.6 Å². The van der Waals surface area contributed by atoms with Crippen molar-refractivity contribution in [3.8, 4) is 5.75 Å². The second-order valence-electron chi connectivity index (χ2n) is 7.72. The molecular weight excluding hydrogens is 478 g/mol. The summed E-state index contributed by atoms with van der Waals surface area (Å²) < 4.78 is 33.2. The van der Waals surface area contributed by atoms with Crippen molar-refractivity contribution < 1.29 is 22.7 Å². The van der Waals surface area contributed by atoms with Crippen molar-refractivity contribution in [2.24, 2.45) is 5.73 Å². The highest BCUT2D eigenvalue weighted by atomic mass is 35.5. The Labute approximate surface area is 202 Å². The molecule has 2 amide bonds. The molecule has 1 aliphatic rings. The minimum absolute atomic E-state index is 0.0436. The highest BCUT2D eigenvalue weighted by Crippen LogP contribution is 2.35. The number of nitrogens with two attached hydrogens (primary N) is 1. The number of nitrogens with one attached hydrogen (secondary N) is 1. The van der Waals surface area contributed by atoms with Crippen molar-refractivity contribution in [3.63, 3.8) is 0 Å². The molecule has 34 heavy (non-hydrogen) atoms. The van der Waals surface area contributed by atoms with E-state index in [1.54, 1.807) is 36.4 Å². The zero-order valence-corrected chi connectivity index (χ0v) is 19.6. The summed E-state index contributed by atoms with van der Waals surface area (Å²) in [6.07, 6.45) is 0.763. The molecule has 1 heterocycles. The van der Waals surface area contributed by atoms with Crippen LogP contribution in [0.5, 0.6) is 5.75 Å². The van der Waals surface area contributed by atoms with Crippen LogP contribution in [0.4, 0.5) is 11.4 Å². The van der Waals surface area contributed by atoms with Gasteiger partial charge in [0, 0.05) is 12.2 Å². The molecule has 10 heteroatoms. The minimum Gasteiger partial charge on any atom is -0.482 e. The lowest BCUT2D eigenvalue weighted by atomic mass is 10.1. The molecule has 0 saturated heterocycles. The SMILES string of the molecule is NC(=O)Cc1ccc(NC(=O)COc2ccc(S(=O)(=O)N3CCc4ccccc43)cc2Cl)cc1. The molecule has 8 nitrogen and oxygen atoms in total. The number of benzene rings is 3. The summed E-state index contributed by atoms with van der Waals surface area (Å²) in [6, 6.07) is 18.2. The Bertz CT molecular complexity index is 1340. The number of halogens is 1. The van der Waals surface area contributed by atoms with Gasteiger partial charge in [0.25, 0.3) is 15.9 Å². The van der Waals surface area contributed by atoms with Gasteiger partial charge in [0.1, 0.15) is 5.75 Å². The molecule has 0 bridgehead atoms. The molecule has 1 aliphatic heterocycles. The highest BCUT2D eigenvalue weighted by molar-refractivity contribution is 7.92. The van der Waals surface area contributed by atoms with Crippen LogP contribution < -0.4 is 20.1 Å². The summed E-state index contributed by atoms with van der Waals surface area (Å²) in [5.74, 6) is -0.676. The lowest BCUT2D eigenvalue weighted by Gasteiger charge is -2.20. The zero-order chi connectivity index (χ0) is 24.3. The van der Waals surface area contributed by atoms with Crippen molar-refractivity contribution in [1.29, 1.82) is 0 Å². The molecule has 0 atom stereocenters. The van der Waals surface area contributed by atoms with E-state index in [2.05, 4.69) is 5.32 Å². The number of fused-ring (bicyclic) bond motifs is 1. The van der Waals surface area contributed by atoms with Gasteiger partial charge >= 0.3 is 0 Å². The largest absolute Gasteiger partial charge is 0.482 e. The van der Waals surface area contributed by atoms with Gasteiger partial charge in [0.15, 0.2) is 6.61 Å². The predicted molar refractivity (Wildman–Crippen MR) is 130 cm³/mol. The van der Waals surface area contributed by atoms with Crippen molar-refractivity contribution in [1.82, 2.24) is 0 Å². The standard InChI is InChI=1S/C24H22ClN3O5S/c25-20-14-19(34(31,32)28-12-11-17-3-1-2-4-21(17)28)9-10-22(20)33-15-24(30)27-18-7-5-16(6-8-18)13-23(26)29/h1-10,14H,11-13,15H2,(H2,26,29)(H,27,30). The number of sulfonamides is 1. The number of carbonyl (C=O) groups excluding carboxylic acids is 2. The van der Waals surface area contributed by atoms with Gasteiger partial charge in [-0.25, -0.2) is 8.42 Å². The Morgan fingerprint density at radius 2 is 1.79 bits per heavy atom. The van der Waals surface area contributed by atoms with Crippen LogP contribution in [0.3, 0.4) is 0 Å². The quantitative estimate of drug-likeness (QED) is 0.493. The molecule has 0 unspecified atom stereocenters. The molecule has 3 N–H and O–H groups in total. The third kappa shape index (κ3) is 5.16. The van der Waals surface area contributed by atoms with E-state index < -0.39 is 21.8 Å². The summed E-state index contributed by atoms with van der Waals surface area (Å²) in [6.45, 7) is 0.0373. The first kappa shape index (κ1) is 23.6. The first-order valence-corrected chi connectivity index (χ1v) is 12.3. The van der Waals surface area contributed by atoms with Crippen molar-refractivity contribution in [2.75, 3.05) is 22.8 Å². The molecule has 0 aliphatic carbocycles. The maximum Gasteiger partial charge on any atom is 0.264 e. The number of rotatable bonds is 8. The molecular formula is C24H22ClN3O5S. The normalized spacial score (nSPS) is 12.8. The van der Waals surface area contributed by atoms with Gasteiger partial charge in [-0.1, -0.05) is 41.9 Å². The Hall–Kier alpha value is -3.56. The van der Waals surface area contributed by atoms with Crippen molar-refractivity contribution in [3.05, 3.63) is 82.9 Å². The second kappa shape index (κ2) is 9.74. The molecule has 0 saturated carbocycles. The van der Waals surface area contributed by atoms with Crippen LogP contribution in [-0.4, -0.2) is 33.4 Å². The number of hydrogen-bond donors (Lipinski definition) is 2. The molecule has 4 rings (SSSR count). The third-order valence-electron chi connectivity index (χ3n) is 5.31. The topological polar surface area (TPSA) is 119 Å². The number of primary amides is 1.